The molecule has 0 rings (SSSR count). The first kappa shape index (κ1) is 11.0. The summed E-state index contributed by atoms with van der Waals surface area (Å²) in [7, 11) is 2.73. The van der Waals surface area contributed by atoms with Gasteiger partial charge in [-0.3, -0.25) is 0 Å². The van der Waals surface area contributed by atoms with Gasteiger partial charge in [0.1, 0.15) is 0 Å². The fourth-order valence-corrected chi connectivity index (χ4v) is 0.956. The number of hydrogen-bond acceptors (Lipinski definition) is 1. The second-order valence-corrected chi connectivity index (χ2v) is 3.85. The molecule has 0 saturated heterocycles. The Balaban J connectivity index is 3.23. The highest BCUT2D eigenvalue weighted by Gasteiger charge is 1.94. The van der Waals surface area contributed by atoms with Crippen LogP contribution in [0.4, 0.5) is 0 Å². The Labute approximate surface area is 72.8 Å². The van der Waals surface area contributed by atoms with Crippen molar-refractivity contribution in [3.05, 3.63) is 12.3 Å². The Bertz CT molecular complexity index is 110. The Kier molecular flexibility index (Phi) is 6.65. The second kappa shape index (κ2) is 6.67. The molecule has 1 atom stereocenters. The molecule has 0 amide bonds. The molecule has 0 heterocycles. The van der Waals surface area contributed by atoms with Gasteiger partial charge in [-0.05, 0) is 24.9 Å². The second-order valence-electron chi connectivity index (χ2n) is 3.27. The standard InChI is InChI=1S/C9H20NP/c1-8(2)7-10-9(3)5-4-6-11/h8,10H,3-7,11H2,1-2H3. The predicted octanol–water partition coefficient (Wildman–Crippen LogP) is 2.40. The Morgan fingerprint density at radius 1 is 1.55 bits per heavy atom. The van der Waals surface area contributed by atoms with Gasteiger partial charge < -0.3 is 5.32 Å². The summed E-state index contributed by atoms with van der Waals surface area (Å²) in [5.41, 5.74) is 1.18. The largest absolute Gasteiger partial charge is 0.389 e. The molecule has 11 heavy (non-hydrogen) atoms. The average molecular weight is 173 g/mol. The summed E-state index contributed by atoms with van der Waals surface area (Å²) in [5, 5.41) is 3.31. The van der Waals surface area contributed by atoms with Gasteiger partial charge in [-0.15, -0.1) is 9.24 Å². The number of rotatable bonds is 6. The number of hydrogen-bond donors (Lipinski definition) is 1. The molecule has 0 aromatic heterocycles. The highest BCUT2D eigenvalue weighted by Crippen LogP contribution is 2.01. The lowest BCUT2D eigenvalue weighted by molar-refractivity contribution is 0.584. The minimum atomic E-state index is 0.711. The smallest absolute Gasteiger partial charge is 0.0166 e. The van der Waals surface area contributed by atoms with Crippen LogP contribution in [0, 0.1) is 5.92 Å². The summed E-state index contributed by atoms with van der Waals surface area (Å²) in [6.07, 6.45) is 3.49. The lowest BCUT2D eigenvalue weighted by Gasteiger charge is -2.10. The van der Waals surface area contributed by atoms with Crippen molar-refractivity contribution in [3.8, 4) is 0 Å². The number of nitrogens with one attached hydrogen (secondary N) is 1. The molecule has 0 spiro atoms. The van der Waals surface area contributed by atoms with Crippen molar-refractivity contribution in [1.82, 2.24) is 5.32 Å². The van der Waals surface area contributed by atoms with E-state index >= 15 is 0 Å². The van der Waals surface area contributed by atoms with Gasteiger partial charge in [0, 0.05) is 12.2 Å². The van der Waals surface area contributed by atoms with Crippen molar-refractivity contribution in [2.45, 2.75) is 26.7 Å². The molecule has 0 bridgehead atoms. The van der Waals surface area contributed by atoms with Crippen LogP contribution in [0.5, 0.6) is 0 Å². The molecule has 0 saturated carbocycles. The molecule has 1 N–H and O–H groups in total. The van der Waals surface area contributed by atoms with Crippen LogP contribution in [0.3, 0.4) is 0 Å². The molecule has 2 heteroatoms. The van der Waals surface area contributed by atoms with Crippen LogP contribution < -0.4 is 5.32 Å². The normalized spacial score (nSPS) is 10.2. The monoisotopic (exact) mass is 173 g/mol. The van der Waals surface area contributed by atoms with Gasteiger partial charge in [0.15, 0.2) is 0 Å². The van der Waals surface area contributed by atoms with Crippen LogP contribution >= 0.6 is 9.24 Å². The molecule has 0 aromatic rings. The third-order valence-electron chi connectivity index (χ3n) is 1.44. The molecule has 0 aromatic carbocycles. The van der Waals surface area contributed by atoms with Crippen molar-refractivity contribution in [3.63, 3.8) is 0 Å². The first-order valence-electron chi connectivity index (χ1n) is 4.28. The number of allylic oxidation sites excluding steroid dienone is 1. The molecule has 1 unspecified atom stereocenters. The van der Waals surface area contributed by atoms with E-state index in [4.69, 9.17) is 0 Å². The third kappa shape index (κ3) is 7.87. The van der Waals surface area contributed by atoms with E-state index in [9.17, 15) is 0 Å². The Hall–Kier alpha value is -0.0300. The van der Waals surface area contributed by atoms with Gasteiger partial charge in [0.05, 0.1) is 0 Å². The molecule has 0 aliphatic heterocycles. The van der Waals surface area contributed by atoms with Gasteiger partial charge in [0.2, 0.25) is 0 Å². The van der Waals surface area contributed by atoms with Crippen molar-refractivity contribution < 1.29 is 0 Å². The maximum atomic E-state index is 3.94. The Morgan fingerprint density at radius 2 is 2.18 bits per heavy atom. The summed E-state index contributed by atoms with van der Waals surface area (Å²) in [6, 6.07) is 0. The quantitative estimate of drug-likeness (QED) is 0.608. The summed E-state index contributed by atoms with van der Waals surface area (Å²) in [6.45, 7) is 9.40. The van der Waals surface area contributed by atoms with E-state index in [1.807, 2.05) is 0 Å². The van der Waals surface area contributed by atoms with E-state index in [2.05, 4.69) is 35.0 Å². The van der Waals surface area contributed by atoms with E-state index in [0.29, 0.717) is 5.92 Å². The van der Waals surface area contributed by atoms with Crippen molar-refractivity contribution >= 4 is 9.24 Å². The fraction of sp³-hybridized carbons (Fsp3) is 0.778. The lowest BCUT2D eigenvalue weighted by Crippen LogP contribution is -2.18. The van der Waals surface area contributed by atoms with Crippen LogP contribution in [0.1, 0.15) is 26.7 Å². The maximum Gasteiger partial charge on any atom is 0.0166 e. The molecular formula is C9H20NP. The third-order valence-corrected chi connectivity index (χ3v) is 1.85. The minimum Gasteiger partial charge on any atom is -0.389 e. The fourth-order valence-electron chi connectivity index (χ4n) is 0.752. The van der Waals surface area contributed by atoms with E-state index in [1.165, 1.54) is 18.3 Å². The van der Waals surface area contributed by atoms with Gasteiger partial charge >= 0.3 is 0 Å². The van der Waals surface area contributed by atoms with Gasteiger partial charge in [-0.1, -0.05) is 20.4 Å². The lowest BCUT2D eigenvalue weighted by atomic mass is 10.2. The van der Waals surface area contributed by atoms with Gasteiger partial charge in [-0.25, -0.2) is 0 Å². The summed E-state index contributed by atoms with van der Waals surface area (Å²) < 4.78 is 0. The molecule has 0 aliphatic rings. The molecule has 0 fully saturated rings. The first-order chi connectivity index (χ1) is 5.16. The molecule has 0 radical (unpaired) electrons. The van der Waals surface area contributed by atoms with E-state index in [1.54, 1.807) is 0 Å². The SMILES string of the molecule is C=C(CCCP)NCC(C)C. The van der Waals surface area contributed by atoms with Crippen LogP contribution in [-0.2, 0) is 0 Å². The summed E-state index contributed by atoms with van der Waals surface area (Å²) >= 11 is 0. The molecule has 1 nitrogen and oxygen atoms in total. The zero-order chi connectivity index (χ0) is 8.69. The van der Waals surface area contributed by atoms with Crippen LogP contribution in [-0.4, -0.2) is 12.7 Å². The molecular weight excluding hydrogens is 153 g/mol. The van der Waals surface area contributed by atoms with Crippen LogP contribution in [0.15, 0.2) is 12.3 Å². The topological polar surface area (TPSA) is 12.0 Å². The zero-order valence-corrected chi connectivity index (χ0v) is 8.84. The maximum absolute atomic E-state index is 3.94. The van der Waals surface area contributed by atoms with Crippen molar-refractivity contribution in [1.29, 1.82) is 0 Å². The van der Waals surface area contributed by atoms with E-state index in [0.717, 1.165) is 13.0 Å². The van der Waals surface area contributed by atoms with Gasteiger partial charge in [0.25, 0.3) is 0 Å². The van der Waals surface area contributed by atoms with Gasteiger partial charge in [-0.2, -0.15) is 0 Å². The molecule has 0 aliphatic carbocycles. The highest BCUT2D eigenvalue weighted by molar-refractivity contribution is 7.16. The van der Waals surface area contributed by atoms with Crippen LogP contribution in [0.25, 0.3) is 0 Å². The highest BCUT2D eigenvalue weighted by atomic mass is 31.0. The predicted molar refractivity (Wildman–Crippen MR) is 55.8 cm³/mol. The summed E-state index contributed by atoms with van der Waals surface area (Å²) in [5.74, 6) is 0.711. The van der Waals surface area contributed by atoms with Crippen molar-refractivity contribution in [2.24, 2.45) is 5.92 Å². The Morgan fingerprint density at radius 3 is 2.64 bits per heavy atom. The average Bonchev–Trinajstić information content (AvgIpc) is 1.97. The zero-order valence-electron chi connectivity index (χ0n) is 7.69. The van der Waals surface area contributed by atoms with E-state index < -0.39 is 0 Å². The molecule has 66 valence electrons. The van der Waals surface area contributed by atoms with Crippen molar-refractivity contribution in [2.75, 3.05) is 12.7 Å². The minimum absolute atomic E-state index is 0.711. The van der Waals surface area contributed by atoms with E-state index in [-0.39, 0.29) is 0 Å². The summed E-state index contributed by atoms with van der Waals surface area (Å²) in [4.78, 5) is 0. The van der Waals surface area contributed by atoms with Crippen LogP contribution in [0.2, 0.25) is 0 Å². The first-order valence-corrected chi connectivity index (χ1v) is 5.10.